The van der Waals surface area contributed by atoms with Gasteiger partial charge in [0.15, 0.2) is 0 Å². The first-order valence-electron chi connectivity index (χ1n) is 3.07. The second-order valence-electron chi connectivity index (χ2n) is 1.87. The van der Waals surface area contributed by atoms with Gasteiger partial charge in [-0.2, -0.15) is 0 Å². The van der Waals surface area contributed by atoms with Crippen molar-refractivity contribution in [3.05, 3.63) is 34.9 Å². The predicted molar refractivity (Wildman–Crippen MR) is 44.9 cm³/mol. The van der Waals surface area contributed by atoms with E-state index in [1.807, 2.05) is 12.1 Å². The molecule has 0 aliphatic rings. The number of oxime groups is 1. The highest BCUT2D eigenvalue weighted by atomic mass is 35.5. The Labute approximate surface area is 70.4 Å². The van der Waals surface area contributed by atoms with Gasteiger partial charge < -0.3 is 4.84 Å². The Bertz CT molecular complexity index is 260. The fraction of sp³-hybridized carbons (Fsp3) is 0.125. The van der Waals surface area contributed by atoms with Crippen molar-refractivity contribution in [3.63, 3.8) is 0 Å². The van der Waals surface area contributed by atoms with E-state index >= 15 is 0 Å². The molecule has 1 rings (SSSR count). The van der Waals surface area contributed by atoms with E-state index in [9.17, 15) is 0 Å². The third-order valence-electron chi connectivity index (χ3n) is 1.08. The molecule has 2 nitrogen and oxygen atoms in total. The normalized spacial score (nSPS) is 10.4. The zero-order valence-corrected chi connectivity index (χ0v) is 6.80. The number of rotatable bonds is 2. The molecule has 3 heteroatoms. The molecule has 0 fully saturated rings. The van der Waals surface area contributed by atoms with E-state index in [0.29, 0.717) is 5.02 Å². The van der Waals surface area contributed by atoms with Crippen LogP contribution in [0.3, 0.4) is 0 Å². The Hall–Kier alpha value is -1.02. The highest BCUT2D eigenvalue weighted by Crippen LogP contribution is 2.07. The molecule has 1 radical (unpaired) electrons. The number of halogens is 1. The summed E-state index contributed by atoms with van der Waals surface area (Å²) in [6.45, 7) is 0. The number of nitrogens with zero attached hydrogens (tertiary/aromatic N) is 1. The van der Waals surface area contributed by atoms with Gasteiger partial charge in [-0.25, -0.2) is 0 Å². The Morgan fingerprint density at radius 3 is 3.09 bits per heavy atom. The molecule has 0 saturated heterocycles. The summed E-state index contributed by atoms with van der Waals surface area (Å²) in [6, 6.07) is 8.30. The predicted octanol–water partition coefficient (Wildman–Crippen LogP) is 2.12. The van der Waals surface area contributed by atoms with E-state index < -0.39 is 0 Å². The molecule has 0 aromatic heterocycles. The molecule has 0 amide bonds. The lowest BCUT2D eigenvalue weighted by Crippen LogP contribution is -1.81. The third-order valence-corrected chi connectivity index (χ3v) is 1.30. The summed E-state index contributed by atoms with van der Waals surface area (Å²) < 4.78 is 0. The first-order chi connectivity index (χ1) is 5.33. The number of hydrogen-bond acceptors (Lipinski definition) is 2. The topological polar surface area (TPSA) is 21.6 Å². The van der Waals surface area contributed by atoms with Gasteiger partial charge >= 0.3 is 0 Å². The Balaban J connectivity index is 2.79. The van der Waals surface area contributed by atoms with E-state index in [1.54, 1.807) is 12.3 Å². The summed E-state index contributed by atoms with van der Waals surface area (Å²) in [5, 5.41) is 4.14. The number of hydrogen-bond donors (Lipinski definition) is 0. The summed E-state index contributed by atoms with van der Waals surface area (Å²) in [6.07, 6.45) is 1.55. The molecule has 0 unspecified atom stereocenters. The summed E-state index contributed by atoms with van der Waals surface area (Å²) in [5.41, 5.74) is 0.805. The van der Waals surface area contributed by atoms with Crippen molar-refractivity contribution in [2.24, 2.45) is 5.16 Å². The maximum atomic E-state index is 5.67. The summed E-state index contributed by atoms with van der Waals surface area (Å²) >= 11 is 5.67. The Kier molecular flexibility index (Phi) is 2.93. The molecule has 0 aliphatic carbocycles. The van der Waals surface area contributed by atoms with E-state index in [-0.39, 0.29) is 0 Å². The van der Waals surface area contributed by atoms with Crippen LogP contribution in [0, 0.1) is 6.07 Å². The fourth-order valence-corrected chi connectivity index (χ4v) is 0.824. The molecule has 0 saturated carbocycles. The van der Waals surface area contributed by atoms with Crippen molar-refractivity contribution < 1.29 is 4.84 Å². The van der Waals surface area contributed by atoms with Gasteiger partial charge in [-0.3, -0.25) is 0 Å². The van der Waals surface area contributed by atoms with Gasteiger partial charge in [-0.1, -0.05) is 28.9 Å². The first kappa shape index (κ1) is 8.08. The zero-order valence-electron chi connectivity index (χ0n) is 6.04. The quantitative estimate of drug-likeness (QED) is 0.490. The van der Waals surface area contributed by atoms with Crippen LogP contribution >= 0.6 is 11.6 Å². The minimum Gasteiger partial charge on any atom is -0.399 e. The average molecular weight is 169 g/mol. The Morgan fingerprint density at radius 2 is 2.45 bits per heavy atom. The molecular formula is C8H7ClNO. The van der Waals surface area contributed by atoms with Gasteiger partial charge in [0.1, 0.15) is 7.11 Å². The zero-order chi connectivity index (χ0) is 8.10. The molecule has 57 valence electrons. The van der Waals surface area contributed by atoms with Crippen LogP contribution in [0.4, 0.5) is 0 Å². The lowest BCUT2D eigenvalue weighted by molar-refractivity contribution is 0.215. The highest BCUT2D eigenvalue weighted by Gasteiger charge is 1.89. The van der Waals surface area contributed by atoms with Crippen LogP contribution in [0.1, 0.15) is 5.56 Å². The molecule has 0 spiro atoms. The van der Waals surface area contributed by atoms with E-state index in [1.165, 1.54) is 7.11 Å². The molecule has 0 atom stereocenters. The van der Waals surface area contributed by atoms with Gasteiger partial charge in [0.25, 0.3) is 0 Å². The lowest BCUT2D eigenvalue weighted by Gasteiger charge is -1.91. The summed E-state index contributed by atoms with van der Waals surface area (Å²) in [5.74, 6) is 0. The van der Waals surface area contributed by atoms with Crippen molar-refractivity contribution in [2.45, 2.75) is 0 Å². The number of benzene rings is 1. The minimum atomic E-state index is 0.574. The average Bonchev–Trinajstić information content (AvgIpc) is 2.01. The van der Waals surface area contributed by atoms with Crippen molar-refractivity contribution in [1.82, 2.24) is 0 Å². The van der Waals surface area contributed by atoms with Crippen LogP contribution in [0.2, 0.25) is 5.02 Å². The van der Waals surface area contributed by atoms with Gasteiger partial charge in [0.2, 0.25) is 0 Å². The first-order valence-corrected chi connectivity index (χ1v) is 3.45. The summed E-state index contributed by atoms with van der Waals surface area (Å²) in [7, 11) is 1.49. The maximum absolute atomic E-state index is 5.67. The SMILES string of the molecule is CON=Cc1[c]c(Cl)ccc1. The van der Waals surface area contributed by atoms with Gasteiger partial charge in [-0.15, -0.1) is 0 Å². The van der Waals surface area contributed by atoms with Crippen LogP contribution in [0.5, 0.6) is 0 Å². The second-order valence-corrected chi connectivity index (χ2v) is 2.28. The molecule has 0 heterocycles. The van der Waals surface area contributed by atoms with Crippen molar-refractivity contribution in [2.75, 3.05) is 7.11 Å². The smallest absolute Gasteiger partial charge is 0.106 e. The Morgan fingerprint density at radius 1 is 1.64 bits per heavy atom. The molecule has 0 N–H and O–H groups in total. The highest BCUT2D eigenvalue weighted by molar-refractivity contribution is 6.30. The van der Waals surface area contributed by atoms with E-state index in [0.717, 1.165) is 5.56 Å². The monoisotopic (exact) mass is 168 g/mol. The van der Waals surface area contributed by atoms with Gasteiger partial charge in [0, 0.05) is 16.7 Å². The molecule has 0 bridgehead atoms. The molecule has 1 aromatic carbocycles. The van der Waals surface area contributed by atoms with E-state index in [2.05, 4.69) is 16.1 Å². The molecule has 11 heavy (non-hydrogen) atoms. The van der Waals surface area contributed by atoms with Crippen LogP contribution in [0.25, 0.3) is 0 Å². The molecular weight excluding hydrogens is 162 g/mol. The minimum absolute atomic E-state index is 0.574. The van der Waals surface area contributed by atoms with Gasteiger partial charge in [-0.05, 0) is 6.07 Å². The van der Waals surface area contributed by atoms with Crippen LogP contribution < -0.4 is 0 Å². The van der Waals surface area contributed by atoms with Crippen LogP contribution in [0.15, 0.2) is 23.4 Å². The van der Waals surface area contributed by atoms with Gasteiger partial charge in [0.05, 0.1) is 6.21 Å². The summed E-state index contributed by atoms with van der Waals surface area (Å²) in [4.78, 5) is 4.49. The maximum Gasteiger partial charge on any atom is 0.106 e. The fourth-order valence-electron chi connectivity index (χ4n) is 0.642. The van der Waals surface area contributed by atoms with E-state index in [4.69, 9.17) is 11.6 Å². The third kappa shape index (κ3) is 2.60. The lowest BCUT2D eigenvalue weighted by atomic mass is 10.2. The van der Waals surface area contributed by atoms with Crippen LogP contribution in [-0.2, 0) is 4.84 Å². The van der Waals surface area contributed by atoms with Crippen molar-refractivity contribution in [1.29, 1.82) is 0 Å². The van der Waals surface area contributed by atoms with Crippen molar-refractivity contribution >= 4 is 17.8 Å². The molecule has 1 aromatic rings. The standard InChI is InChI=1S/C8H7ClNO/c1-11-10-6-7-3-2-4-8(9)5-7/h2-4,6H,1H3. The largest absolute Gasteiger partial charge is 0.399 e. The molecule has 0 aliphatic heterocycles. The van der Waals surface area contributed by atoms with Crippen LogP contribution in [-0.4, -0.2) is 13.3 Å². The second kappa shape index (κ2) is 3.98. The van der Waals surface area contributed by atoms with Crippen molar-refractivity contribution in [3.8, 4) is 0 Å².